The van der Waals surface area contributed by atoms with Crippen LogP contribution in [0.25, 0.3) is 17.1 Å². The van der Waals surface area contributed by atoms with Crippen molar-refractivity contribution in [1.82, 2.24) is 9.55 Å². The van der Waals surface area contributed by atoms with Gasteiger partial charge >= 0.3 is 5.97 Å². The molecule has 144 valence electrons. The molecule has 0 unspecified atom stereocenters. The summed E-state index contributed by atoms with van der Waals surface area (Å²) in [6.07, 6.45) is 4.10. The molecule has 0 atom stereocenters. The molecule has 0 radical (unpaired) electrons. The first-order valence-corrected chi connectivity index (χ1v) is 9.32. The summed E-state index contributed by atoms with van der Waals surface area (Å²) in [6, 6.07) is 18.3. The third-order valence-electron chi connectivity index (χ3n) is 4.62. The Hall–Kier alpha value is -3.80. The van der Waals surface area contributed by atoms with Gasteiger partial charge in [-0.3, -0.25) is 14.2 Å². The van der Waals surface area contributed by atoms with Gasteiger partial charge in [0.05, 0.1) is 5.69 Å². The van der Waals surface area contributed by atoms with E-state index in [0.717, 1.165) is 5.56 Å². The Morgan fingerprint density at radius 1 is 0.931 bits per heavy atom. The average molecular weight is 386 g/mol. The third-order valence-corrected chi connectivity index (χ3v) is 4.62. The molecule has 4 rings (SSSR count). The van der Waals surface area contributed by atoms with Crippen LogP contribution in [0.5, 0.6) is 0 Å². The lowest BCUT2D eigenvalue weighted by Crippen LogP contribution is -2.28. The standard InChI is InChI=1S/C23H18N2O4/c26-18-12-7-13-19(14-18)29-23(28)20-15-24-21(16-8-3-1-4-9-16)25(22(20)27)17-10-5-2-6-11-17/h1-6,8-11,14-15H,7,12-13H2. The number of ketones is 1. The summed E-state index contributed by atoms with van der Waals surface area (Å²) >= 11 is 0. The van der Waals surface area contributed by atoms with E-state index in [-0.39, 0.29) is 17.1 Å². The van der Waals surface area contributed by atoms with Gasteiger partial charge in [-0.15, -0.1) is 0 Å². The fraction of sp³-hybridized carbons (Fsp3) is 0.130. The number of ether oxygens (including phenoxy) is 1. The van der Waals surface area contributed by atoms with E-state index in [2.05, 4.69) is 4.98 Å². The molecule has 3 aromatic rings. The topological polar surface area (TPSA) is 78.3 Å². The lowest BCUT2D eigenvalue weighted by Gasteiger charge is -2.15. The second kappa shape index (κ2) is 8.06. The quantitative estimate of drug-likeness (QED) is 0.639. The Bertz CT molecular complexity index is 1150. The van der Waals surface area contributed by atoms with Gasteiger partial charge in [-0.05, 0) is 18.6 Å². The van der Waals surface area contributed by atoms with Crippen molar-refractivity contribution in [3.05, 3.63) is 94.6 Å². The molecular formula is C23H18N2O4. The second-order valence-corrected chi connectivity index (χ2v) is 6.66. The van der Waals surface area contributed by atoms with Gasteiger partial charge in [0.25, 0.3) is 5.56 Å². The van der Waals surface area contributed by atoms with Gasteiger partial charge in [0.2, 0.25) is 0 Å². The number of rotatable bonds is 4. The Morgan fingerprint density at radius 3 is 2.31 bits per heavy atom. The van der Waals surface area contributed by atoms with E-state index in [1.165, 1.54) is 16.8 Å². The number of hydrogen-bond donors (Lipinski definition) is 0. The summed E-state index contributed by atoms with van der Waals surface area (Å²) in [5.74, 6) is -0.194. The number of benzene rings is 2. The Balaban J connectivity index is 1.80. The van der Waals surface area contributed by atoms with Crippen LogP contribution in [0.2, 0.25) is 0 Å². The molecule has 0 aliphatic heterocycles. The molecular weight excluding hydrogens is 368 g/mol. The van der Waals surface area contributed by atoms with Gasteiger partial charge in [-0.1, -0.05) is 48.5 Å². The number of carbonyl (C=O) groups is 2. The molecule has 1 aromatic heterocycles. The highest BCUT2D eigenvalue weighted by atomic mass is 16.5. The molecule has 0 saturated carbocycles. The van der Waals surface area contributed by atoms with Crippen molar-refractivity contribution in [3.63, 3.8) is 0 Å². The van der Waals surface area contributed by atoms with Crippen LogP contribution < -0.4 is 5.56 Å². The van der Waals surface area contributed by atoms with Crippen molar-refractivity contribution in [3.8, 4) is 17.1 Å². The number of carbonyl (C=O) groups excluding carboxylic acids is 2. The first kappa shape index (κ1) is 18.6. The van der Waals surface area contributed by atoms with Crippen molar-refractivity contribution in [2.75, 3.05) is 0 Å². The minimum Gasteiger partial charge on any atom is -0.427 e. The van der Waals surface area contributed by atoms with Gasteiger partial charge in [-0.2, -0.15) is 0 Å². The predicted octanol–water partition coefficient (Wildman–Crippen LogP) is 3.69. The van der Waals surface area contributed by atoms with Crippen LogP contribution in [0, 0.1) is 0 Å². The van der Waals surface area contributed by atoms with Crippen LogP contribution >= 0.6 is 0 Å². The molecule has 1 aliphatic carbocycles. The molecule has 0 amide bonds. The van der Waals surface area contributed by atoms with E-state index in [9.17, 15) is 14.4 Å². The van der Waals surface area contributed by atoms with Crippen LogP contribution in [0.3, 0.4) is 0 Å². The van der Waals surface area contributed by atoms with E-state index in [1.807, 2.05) is 36.4 Å². The molecule has 1 heterocycles. The van der Waals surface area contributed by atoms with Crippen molar-refractivity contribution < 1.29 is 14.3 Å². The van der Waals surface area contributed by atoms with Gasteiger partial charge < -0.3 is 4.74 Å². The van der Waals surface area contributed by atoms with E-state index < -0.39 is 11.5 Å². The number of nitrogens with zero attached hydrogens (tertiary/aromatic N) is 2. The molecule has 0 N–H and O–H groups in total. The number of esters is 1. The molecule has 0 bridgehead atoms. The smallest absolute Gasteiger partial charge is 0.350 e. The predicted molar refractivity (Wildman–Crippen MR) is 108 cm³/mol. The summed E-state index contributed by atoms with van der Waals surface area (Å²) in [4.78, 5) is 41.8. The zero-order valence-corrected chi connectivity index (χ0v) is 15.6. The molecule has 0 spiro atoms. The van der Waals surface area contributed by atoms with Gasteiger partial charge in [0, 0.05) is 30.7 Å². The molecule has 6 heteroatoms. The van der Waals surface area contributed by atoms with Gasteiger partial charge in [-0.25, -0.2) is 9.78 Å². The highest BCUT2D eigenvalue weighted by Crippen LogP contribution is 2.21. The summed E-state index contributed by atoms with van der Waals surface area (Å²) in [5.41, 5.74) is 0.616. The number of allylic oxidation sites excluding steroid dienone is 2. The lowest BCUT2D eigenvalue weighted by molar-refractivity contribution is -0.115. The van der Waals surface area contributed by atoms with Crippen LogP contribution in [0.1, 0.15) is 29.6 Å². The molecule has 29 heavy (non-hydrogen) atoms. The highest BCUT2D eigenvalue weighted by molar-refractivity contribution is 5.93. The van der Waals surface area contributed by atoms with Gasteiger partial charge in [0.1, 0.15) is 17.1 Å². The summed E-state index contributed by atoms with van der Waals surface area (Å²) < 4.78 is 6.71. The number of hydrogen-bond acceptors (Lipinski definition) is 5. The molecule has 2 aromatic carbocycles. The fourth-order valence-corrected chi connectivity index (χ4v) is 3.22. The first-order valence-electron chi connectivity index (χ1n) is 9.32. The SMILES string of the molecule is O=C1C=C(OC(=O)c2cnc(-c3ccccc3)n(-c3ccccc3)c2=O)CCC1. The lowest BCUT2D eigenvalue weighted by atomic mass is 10.1. The largest absolute Gasteiger partial charge is 0.427 e. The summed E-state index contributed by atoms with van der Waals surface area (Å²) in [6.45, 7) is 0. The van der Waals surface area contributed by atoms with Crippen LogP contribution in [-0.4, -0.2) is 21.3 Å². The molecule has 1 aliphatic rings. The maximum atomic E-state index is 13.2. The van der Waals surface area contributed by atoms with Crippen molar-refractivity contribution in [2.45, 2.75) is 19.3 Å². The average Bonchev–Trinajstić information content (AvgIpc) is 2.74. The van der Waals surface area contributed by atoms with E-state index >= 15 is 0 Å². The van der Waals surface area contributed by atoms with Crippen LogP contribution in [-0.2, 0) is 9.53 Å². The normalized spacial score (nSPS) is 13.7. The number of aromatic nitrogens is 2. The minimum absolute atomic E-state index is 0.0849. The molecule has 0 fully saturated rings. The number of para-hydroxylation sites is 1. The first-order chi connectivity index (χ1) is 14.1. The van der Waals surface area contributed by atoms with Crippen LogP contribution in [0.4, 0.5) is 0 Å². The van der Waals surface area contributed by atoms with Crippen molar-refractivity contribution in [2.24, 2.45) is 0 Å². The zero-order valence-electron chi connectivity index (χ0n) is 15.6. The summed E-state index contributed by atoms with van der Waals surface area (Å²) in [5, 5.41) is 0. The molecule has 6 nitrogen and oxygen atoms in total. The Morgan fingerprint density at radius 2 is 1.62 bits per heavy atom. The van der Waals surface area contributed by atoms with Crippen molar-refractivity contribution >= 4 is 11.8 Å². The Kier molecular flexibility index (Phi) is 5.16. The monoisotopic (exact) mass is 386 g/mol. The molecule has 0 saturated heterocycles. The second-order valence-electron chi connectivity index (χ2n) is 6.66. The summed E-state index contributed by atoms with van der Waals surface area (Å²) in [7, 11) is 0. The van der Waals surface area contributed by atoms with E-state index in [4.69, 9.17) is 4.74 Å². The van der Waals surface area contributed by atoms with E-state index in [0.29, 0.717) is 30.8 Å². The maximum Gasteiger partial charge on any atom is 0.350 e. The van der Waals surface area contributed by atoms with Crippen LogP contribution in [0.15, 0.2) is 83.5 Å². The van der Waals surface area contributed by atoms with Crippen molar-refractivity contribution in [1.29, 1.82) is 0 Å². The zero-order chi connectivity index (χ0) is 20.2. The highest BCUT2D eigenvalue weighted by Gasteiger charge is 2.22. The minimum atomic E-state index is -0.812. The third kappa shape index (κ3) is 3.91. The Labute approximate surface area is 167 Å². The van der Waals surface area contributed by atoms with E-state index in [1.54, 1.807) is 24.3 Å². The maximum absolute atomic E-state index is 13.2. The van der Waals surface area contributed by atoms with Gasteiger partial charge in [0.15, 0.2) is 5.78 Å². The fourth-order valence-electron chi connectivity index (χ4n) is 3.22.